The first-order valence-corrected chi connectivity index (χ1v) is 4.60. The number of H-pyrrole nitrogens is 1. The molecule has 4 nitrogen and oxygen atoms in total. The average molecular weight is 239 g/mol. The second-order valence-electron chi connectivity index (χ2n) is 2.64. The molecule has 0 bridgehead atoms. The van der Waals surface area contributed by atoms with Crippen molar-refractivity contribution >= 4 is 18.5 Å². The standard InChI is InChI=1S/C7H8F3N3OS/c8-7(9,10)5-3-4(12-13-5)6(14)11-1-2-15/h3,15H,1-2H2,(H,11,14)(H,12,13). The van der Waals surface area contributed by atoms with Gasteiger partial charge in [-0.3, -0.25) is 9.89 Å². The SMILES string of the molecule is O=C(NCCS)c1cc(C(F)(F)F)[nH]n1. The Balaban J connectivity index is 2.72. The number of aromatic nitrogens is 2. The van der Waals surface area contributed by atoms with Crippen LogP contribution in [-0.4, -0.2) is 28.4 Å². The van der Waals surface area contributed by atoms with Gasteiger partial charge >= 0.3 is 6.18 Å². The van der Waals surface area contributed by atoms with Crippen LogP contribution < -0.4 is 5.32 Å². The van der Waals surface area contributed by atoms with Gasteiger partial charge in [0.05, 0.1) is 0 Å². The van der Waals surface area contributed by atoms with Gasteiger partial charge in [0, 0.05) is 18.4 Å². The van der Waals surface area contributed by atoms with Gasteiger partial charge in [-0.2, -0.15) is 30.9 Å². The van der Waals surface area contributed by atoms with Crippen LogP contribution in [0.5, 0.6) is 0 Å². The van der Waals surface area contributed by atoms with Crippen molar-refractivity contribution in [3.05, 3.63) is 17.5 Å². The highest BCUT2D eigenvalue weighted by Gasteiger charge is 2.33. The minimum atomic E-state index is -4.52. The lowest BCUT2D eigenvalue weighted by molar-refractivity contribution is -0.141. The van der Waals surface area contributed by atoms with Crippen molar-refractivity contribution in [2.45, 2.75) is 6.18 Å². The number of carbonyl (C=O) groups excluding carboxylic acids is 1. The number of amides is 1. The molecular weight excluding hydrogens is 231 g/mol. The number of carbonyl (C=O) groups is 1. The number of nitrogens with zero attached hydrogens (tertiary/aromatic N) is 1. The molecule has 2 N–H and O–H groups in total. The summed E-state index contributed by atoms with van der Waals surface area (Å²) in [5.74, 6) is -0.252. The fraction of sp³-hybridized carbons (Fsp3) is 0.429. The summed E-state index contributed by atoms with van der Waals surface area (Å²) < 4.78 is 36.3. The van der Waals surface area contributed by atoms with Crippen LogP contribution in [0.25, 0.3) is 0 Å². The monoisotopic (exact) mass is 239 g/mol. The predicted molar refractivity (Wildman–Crippen MR) is 49.8 cm³/mol. The lowest BCUT2D eigenvalue weighted by Crippen LogP contribution is -2.25. The summed E-state index contributed by atoms with van der Waals surface area (Å²) in [6, 6.07) is 0.661. The Kier molecular flexibility index (Phi) is 3.61. The molecule has 0 unspecified atom stereocenters. The summed E-state index contributed by atoms with van der Waals surface area (Å²) in [6.07, 6.45) is -4.52. The van der Waals surface area contributed by atoms with Gasteiger partial charge in [0.15, 0.2) is 5.69 Å². The van der Waals surface area contributed by atoms with Gasteiger partial charge in [0.2, 0.25) is 0 Å². The third-order valence-electron chi connectivity index (χ3n) is 1.51. The fourth-order valence-corrected chi connectivity index (χ4v) is 0.955. The maximum absolute atomic E-state index is 12.1. The van der Waals surface area contributed by atoms with Crippen LogP contribution >= 0.6 is 12.6 Å². The van der Waals surface area contributed by atoms with E-state index in [-0.39, 0.29) is 12.2 Å². The number of thiol groups is 1. The Morgan fingerprint density at radius 3 is 2.73 bits per heavy atom. The van der Waals surface area contributed by atoms with Gasteiger partial charge < -0.3 is 5.32 Å². The van der Waals surface area contributed by atoms with Crippen LogP contribution in [-0.2, 0) is 6.18 Å². The van der Waals surface area contributed by atoms with Gasteiger partial charge in [0.1, 0.15) is 5.69 Å². The van der Waals surface area contributed by atoms with Crippen LogP contribution in [0.15, 0.2) is 6.07 Å². The minimum absolute atomic E-state index is 0.274. The summed E-state index contributed by atoms with van der Waals surface area (Å²) in [7, 11) is 0. The third kappa shape index (κ3) is 3.15. The lowest BCUT2D eigenvalue weighted by Gasteiger charge is -2.00. The molecule has 0 radical (unpaired) electrons. The van der Waals surface area contributed by atoms with Crippen molar-refractivity contribution in [3.63, 3.8) is 0 Å². The molecule has 1 aromatic heterocycles. The highest BCUT2D eigenvalue weighted by atomic mass is 32.1. The van der Waals surface area contributed by atoms with Crippen LogP contribution in [0.3, 0.4) is 0 Å². The third-order valence-corrected chi connectivity index (χ3v) is 1.74. The molecule has 1 amide bonds. The number of aromatic amines is 1. The van der Waals surface area contributed by atoms with Gasteiger partial charge in [-0.1, -0.05) is 0 Å². The fourth-order valence-electron chi connectivity index (χ4n) is 0.843. The van der Waals surface area contributed by atoms with E-state index in [0.29, 0.717) is 11.8 Å². The first-order valence-electron chi connectivity index (χ1n) is 3.97. The zero-order valence-corrected chi connectivity index (χ0v) is 8.32. The number of nitrogens with one attached hydrogen (secondary N) is 2. The molecule has 15 heavy (non-hydrogen) atoms. The topological polar surface area (TPSA) is 57.8 Å². The number of hydrogen-bond donors (Lipinski definition) is 3. The number of alkyl halides is 3. The maximum atomic E-state index is 12.1. The first-order chi connectivity index (χ1) is 6.95. The van der Waals surface area contributed by atoms with Crippen molar-refractivity contribution in [2.24, 2.45) is 0 Å². The molecule has 0 saturated heterocycles. The first kappa shape index (κ1) is 11.9. The van der Waals surface area contributed by atoms with Gasteiger partial charge in [0.25, 0.3) is 5.91 Å². The average Bonchev–Trinajstić information content (AvgIpc) is 2.62. The normalized spacial score (nSPS) is 11.5. The molecule has 0 spiro atoms. The number of halogens is 3. The second-order valence-corrected chi connectivity index (χ2v) is 3.09. The predicted octanol–water partition coefficient (Wildman–Crippen LogP) is 1.09. The van der Waals surface area contributed by atoms with E-state index < -0.39 is 17.8 Å². The van der Waals surface area contributed by atoms with Gasteiger partial charge in [-0.05, 0) is 0 Å². The highest BCUT2D eigenvalue weighted by Crippen LogP contribution is 2.27. The van der Waals surface area contributed by atoms with Crippen molar-refractivity contribution in [3.8, 4) is 0 Å². The molecule has 0 fully saturated rings. The summed E-state index contributed by atoms with van der Waals surface area (Å²) in [5, 5.41) is 7.35. The maximum Gasteiger partial charge on any atom is 0.432 e. The Bertz CT molecular complexity index is 349. The number of hydrogen-bond acceptors (Lipinski definition) is 3. The van der Waals surface area contributed by atoms with E-state index in [1.165, 1.54) is 0 Å². The van der Waals surface area contributed by atoms with Crippen LogP contribution in [0.1, 0.15) is 16.2 Å². The van der Waals surface area contributed by atoms with E-state index >= 15 is 0 Å². The van der Waals surface area contributed by atoms with Crippen molar-refractivity contribution in [1.82, 2.24) is 15.5 Å². The summed E-state index contributed by atoms with van der Waals surface area (Å²) in [6.45, 7) is 0.274. The van der Waals surface area contributed by atoms with Crippen molar-refractivity contribution in [1.29, 1.82) is 0 Å². The summed E-state index contributed by atoms with van der Waals surface area (Å²) in [5.41, 5.74) is -1.33. The van der Waals surface area contributed by atoms with E-state index in [1.807, 2.05) is 0 Å². The molecule has 84 valence electrons. The van der Waals surface area contributed by atoms with E-state index in [0.717, 1.165) is 0 Å². The molecule has 0 aliphatic heterocycles. The van der Waals surface area contributed by atoms with E-state index in [4.69, 9.17) is 0 Å². The largest absolute Gasteiger partial charge is 0.432 e. The molecule has 8 heteroatoms. The Labute approximate surface area is 88.7 Å². The molecule has 1 rings (SSSR count). The zero-order valence-electron chi connectivity index (χ0n) is 7.43. The molecule has 0 aromatic carbocycles. The van der Waals surface area contributed by atoms with Crippen molar-refractivity contribution < 1.29 is 18.0 Å². The van der Waals surface area contributed by atoms with Crippen molar-refractivity contribution in [2.75, 3.05) is 12.3 Å². The zero-order chi connectivity index (χ0) is 11.5. The Morgan fingerprint density at radius 2 is 2.27 bits per heavy atom. The molecular formula is C7H8F3N3OS. The lowest BCUT2D eigenvalue weighted by atomic mass is 10.3. The molecule has 0 aliphatic rings. The molecule has 0 saturated carbocycles. The molecule has 0 aliphatic carbocycles. The molecule has 1 heterocycles. The van der Waals surface area contributed by atoms with Gasteiger partial charge in [-0.15, -0.1) is 0 Å². The molecule has 0 atom stereocenters. The minimum Gasteiger partial charge on any atom is -0.350 e. The Hall–Kier alpha value is -1.18. The van der Waals surface area contributed by atoms with Crippen LogP contribution in [0.2, 0.25) is 0 Å². The van der Waals surface area contributed by atoms with Crippen LogP contribution in [0.4, 0.5) is 13.2 Å². The second kappa shape index (κ2) is 4.56. The van der Waals surface area contributed by atoms with E-state index in [1.54, 1.807) is 5.10 Å². The van der Waals surface area contributed by atoms with Crippen LogP contribution in [0, 0.1) is 0 Å². The van der Waals surface area contributed by atoms with E-state index in [2.05, 4.69) is 23.0 Å². The smallest absolute Gasteiger partial charge is 0.350 e. The summed E-state index contributed by atoms with van der Waals surface area (Å²) >= 11 is 3.84. The molecule has 1 aromatic rings. The van der Waals surface area contributed by atoms with E-state index in [9.17, 15) is 18.0 Å². The number of rotatable bonds is 3. The highest BCUT2D eigenvalue weighted by molar-refractivity contribution is 7.80. The Morgan fingerprint density at radius 1 is 1.60 bits per heavy atom. The quantitative estimate of drug-likeness (QED) is 0.691. The van der Waals surface area contributed by atoms with Gasteiger partial charge in [-0.25, -0.2) is 0 Å². The summed E-state index contributed by atoms with van der Waals surface area (Å²) in [4.78, 5) is 11.1.